The van der Waals surface area contributed by atoms with E-state index in [1.54, 1.807) is 12.3 Å². The molecule has 1 unspecified atom stereocenters. The number of Topliss-reactive ketones (excluding diaryl/α,β-unsaturated/α-hetero) is 1. The first-order valence-corrected chi connectivity index (χ1v) is 9.60. The molecular weight excluding hydrogens is 352 g/mol. The molecule has 0 saturated carbocycles. The third kappa shape index (κ3) is 3.55. The number of hydrogen-bond acceptors (Lipinski definition) is 4. The van der Waals surface area contributed by atoms with Gasteiger partial charge in [-0.1, -0.05) is 30.3 Å². The molecule has 1 atom stereocenters. The Balaban J connectivity index is 1.81. The number of carbonyl (C=O) groups excluding carboxylic acids is 1. The Kier molecular flexibility index (Phi) is 4.95. The number of sulfonamides is 1. The normalized spacial score (nSPS) is 13.0. The van der Waals surface area contributed by atoms with Crippen molar-refractivity contribution in [3.05, 3.63) is 65.9 Å². The number of aryl methyl sites for hydroxylation is 1. The lowest BCUT2D eigenvalue weighted by Crippen LogP contribution is -2.28. The average Bonchev–Trinajstić information content (AvgIpc) is 2.97. The predicted molar refractivity (Wildman–Crippen MR) is 99.5 cm³/mol. The van der Waals surface area contributed by atoms with E-state index in [0.29, 0.717) is 11.1 Å². The van der Waals surface area contributed by atoms with Gasteiger partial charge in [-0.2, -0.15) is 0 Å². The quantitative estimate of drug-likeness (QED) is 0.650. The van der Waals surface area contributed by atoms with Crippen molar-refractivity contribution in [2.24, 2.45) is 7.05 Å². The fourth-order valence-corrected chi connectivity index (χ4v) is 3.99. The third-order valence-electron chi connectivity index (χ3n) is 4.30. The Morgan fingerprint density at radius 3 is 2.65 bits per heavy atom. The molecule has 0 aliphatic carbocycles. The zero-order valence-electron chi connectivity index (χ0n) is 14.5. The molecule has 0 bridgehead atoms. The molecule has 0 radical (unpaired) electrons. The van der Waals surface area contributed by atoms with E-state index >= 15 is 0 Å². The van der Waals surface area contributed by atoms with Crippen molar-refractivity contribution in [1.82, 2.24) is 9.29 Å². The number of para-hydroxylation sites is 1. The van der Waals surface area contributed by atoms with Crippen molar-refractivity contribution in [2.45, 2.75) is 17.9 Å². The highest BCUT2D eigenvalue weighted by Gasteiger charge is 2.20. The molecule has 2 N–H and O–H groups in total. The first kappa shape index (κ1) is 18.3. The van der Waals surface area contributed by atoms with Gasteiger partial charge in [-0.3, -0.25) is 4.79 Å². The largest absolute Gasteiger partial charge is 0.387 e. The number of aromatic nitrogens is 1. The minimum absolute atomic E-state index is 0.00433. The van der Waals surface area contributed by atoms with Crippen LogP contribution in [0.25, 0.3) is 10.9 Å². The number of hydrogen-bond donors (Lipinski definition) is 2. The van der Waals surface area contributed by atoms with E-state index in [4.69, 9.17) is 0 Å². The van der Waals surface area contributed by atoms with Crippen molar-refractivity contribution in [2.75, 3.05) is 6.54 Å². The number of carbonyl (C=O) groups is 1. The summed E-state index contributed by atoms with van der Waals surface area (Å²) in [5, 5.41) is 11.4. The molecule has 0 fully saturated rings. The van der Waals surface area contributed by atoms with Gasteiger partial charge in [0, 0.05) is 41.8 Å². The van der Waals surface area contributed by atoms with Gasteiger partial charge in [0.15, 0.2) is 5.78 Å². The average molecular weight is 372 g/mol. The zero-order chi connectivity index (χ0) is 18.9. The molecular formula is C19H20N2O4S. The second-order valence-corrected chi connectivity index (χ2v) is 7.93. The van der Waals surface area contributed by atoms with Crippen LogP contribution in [0.15, 0.2) is 59.6 Å². The van der Waals surface area contributed by atoms with Crippen molar-refractivity contribution >= 4 is 26.7 Å². The monoisotopic (exact) mass is 372 g/mol. The molecule has 3 aromatic rings. The highest BCUT2D eigenvalue weighted by Crippen LogP contribution is 2.26. The summed E-state index contributed by atoms with van der Waals surface area (Å²) in [6, 6.07) is 13.4. The lowest BCUT2D eigenvalue weighted by molar-refractivity contribution is 0.101. The summed E-state index contributed by atoms with van der Waals surface area (Å²) < 4.78 is 29.2. The Bertz CT molecular complexity index is 1070. The maximum atomic E-state index is 12.5. The van der Waals surface area contributed by atoms with Gasteiger partial charge in [-0.15, -0.1) is 0 Å². The zero-order valence-corrected chi connectivity index (χ0v) is 15.3. The van der Waals surface area contributed by atoms with Gasteiger partial charge in [0.25, 0.3) is 0 Å². The molecule has 1 heterocycles. The van der Waals surface area contributed by atoms with Gasteiger partial charge in [0.2, 0.25) is 10.0 Å². The van der Waals surface area contributed by atoms with Gasteiger partial charge in [0.1, 0.15) is 0 Å². The van der Waals surface area contributed by atoms with E-state index in [1.165, 1.54) is 25.1 Å². The molecule has 0 saturated heterocycles. The molecule has 0 aliphatic heterocycles. The summed E-state index contributed by atoms with van der Waals surface area (Å²) in [6.45, 7) is 1.21. The number of benzene rings is 2. The van der Waals surface area contributed by atoms with Crippen LogP contribution in [0, 0.1) is 0 Å². The Morgan fingerprint density at radius 1 is 1.19 bits per heavy atom. The number of fused-ring (bicyclic) bond motifs is 1. The van der Waals surface area contributed by atoms with Crippen molar-refractivity contribution in [1.29, 1.82) is 0 Å². The van der Waals surface area contributed by atoms with Crippen LogP contribution in [-0.4, -0.2) is 30.4 Å². The number of nitrogens with zero attached hydrogens (tertiary/aromatic N) is 1. The highest BCUT2D eigenvalue weighted by atomic mass is 32.2. The molecule has 3 rings (SSSR count). The topological polar surface area (TPSA) is 88.4 Å². The van der Waals surface area contributed by atoms with E-state index < -0.39 is 16.1 Å². The van der Waals surface area contributed by atoms with Crippen LogP contribution in [0.3, 0.4) is 0 Å². The molecule has 26 heavy (non-hydrogen) atoms. The van der Waals surface area contributed by atoms with Crippen LogP contribution in [0.5, 0.6) is 0 Å². The summed E-state index contributed by atoms with van der Waals surface area (Å²) in [5.74, 6) is -0.210. The Morgan fingerprint density at radius 2 is 1.92 bits per heavy atom. The van der Waals surface area contributed by atoms with Crippen LogP contribution in [0.1, 0.15) is 28.9 Å². The molecule has 2 aromatic carbocycles. The smallest absolute Gasteiger partial charge is 0.240 e. The van der Waals surface area contributed by atoms with Gasteiger partial charge in [0.05, 0.1) is 11.0 Å². The standard InChI is InChI=1S/C19H20N2O4S/c1-13(22)14-6-5-7-15(10-14)26(24,25)20-11-19(23)17-12-21(2)18-9-4-3-8-16(17)18/h3-10,12,19-20,23H,11H2,1-2H3. The maximum Gasteiger partial charge on any atom is 0.240 e. The minimum atomic E-state index is -3.83. The number of rotatable bonds is 6. The second kappa shape index (κ2) is 7.03. The molecule has 0 spiro atoms. The first-order valence-electron chi connectivity index (χ1n) is 8.12. The maximum absolute atomic E-state index is 12.5. The number of ketones is 1. The minimum Gasteiger partial charge on any atom is -0.387 e. The number of aliphatic hydroxyl groups excluding tert-OH is 1. The number of nitrogens with one attached hydrogen (secondary N) is 1. The summed E-state index contributed by atoms with van der Waals surface area (Å²) in [4.78, 5) is 11.4. The fraction of sp³-hybridized carbons (Fsp3) is 0.211. The fourth-order valence-electron chi connectivity index (χ4n) is 2.90. The first-order chi connectivity index (χ1) is 12.3. The van der Waals surface area contributed by atoms with Crippen molar-refractivity contribution in [3.8, 4) is 0 Å². The summed E-state index contributed by atoms with van der Waals surface area (Å²) in [7, 11) is -1.96. The van der Waals surface area contributed by atoms with E-state index in [2.05, 4.69) is 4.72 Å². The van der Waals surface area contributed by atoms with Crippen LogP contribution in [-0.2, 0) is 17.1 Å². The van der Waals surface area contributed by atoms with E-state index in [-0.39, 0.29) is 17.2 Å². The van der Waals surface area contributed by atoms with Crippen molar-refractivity contribution < 1.29 is 18.3 Å². The highest BCUT2D eigenvalue weighted by molar-refractivity contribution is 7.89. The molecule has 0 aliphatic rings. The Hall–Kier alpha value is -2.48. The molecule has 6 nitrogen and oxygen atoms in total. The van der Waals surface area contributed by atoms with E-state index in [0.717, 1.165) is 10.9 Å². The van der Waals surface area contributed by atoms with Crippen LogP contribution in [0.4, 0.5) is 0 Å². The number of aliphatic hydroxyl groups is 1. The SMILES string of the molecule is CC(=O)c1cccc(S(=O)(=O)NCC(O)c2cn(C)c3ccccc23)c1. The van der Waals surface area contributed by atoms with E-state index in [1.807, 2.05) is 35.9 Å². The second-order valence-electron chi connectivity index (χ2n) is 6.16. The molecule has 1 aromatic heterocycles. The van der Waals surface area contributed by atoms with Crippen LogP contribution < -0.4 is 4.72 Å². The van der Waals surface area contributed by atoms with Crippen LogP contribution >= 0.6 is 0 Å². The van der Waals surface area contributed by atoms with Crippen molar-refractivity contribution in [3.63, 3.8) is 0 Å². The predicted octanol–water partition coefficient (Wildman–Crippen LogP) is 2.39. The van der Waals surface area contributed by atoms with Gasteiger partial charge >= 0.3 is 0 Å². The Labute approximate surface area is 152 Å². The van der Waals surface area contributed by atoms with E-state index in [9.17, 15) is 18.3 Å². The van der Waals surface area contributed by atoms with Crippen LogP contribution in [0.2, 0.25) is 0 Å². The van der Waals surface area contributed by atoms with Gasteiger partial charge in [-0.25, -0.2) is 13.1 Å². The molecule has 7 heteroatoms. The van der Waals surface area contributed by atoms with Gasteiger partial charge < -0.3 is 9.67 Å². The third-order valence-corrected chi connectivity index (χ3v) is 5.73. The molecule has 136 valence electrons. The lowest BCUT2D eigenvalue weighted by Gasteiger charge is -2.12. The summed E-state index contributed by atoms with van der Waals surface area (Å²) >= 11 is 0. The van der Waals surface area contributed by atoms with Gasteiger partial charge in [-0.05, 0) is 25.1 Å². The molecule has 0 amide bonds. The summed E-state index contributed by atoms with van der Waals surface area (Å²) in [5.41, 5.74) is 1.93. The lowest BCUT2D eigenvalue weighted by atomic mass is 10.1. The summed E-state index contributed by atoms with van der Waals surface area (Å²) in [6.07, 6.45) is 0.798.